The Kier molecular flexibility index (Phi) is 5.60. The summed E-state index contributed by atoms with van der Waals surface area (Å²) in [7, 11) is 0. The lowest BCUT2D eigenvalue weighted by Crippen LogP contribution is -2.34. The van der Waals surface area contributed by atoms with Gasteiger partial charge in [-0.25, -0.2) is 4.39 Å². The van der Waals surface area contributed by atoms with Crippen molar-refractivity contribution in [3.8, 4) is 0 Å². The van der Waals surface area contributed by atoms with Crippen LogP contribution in [0.4, 0.5) is 4.39 Å². The SMILES string of the molecule is CC(C)(CCCl)CNC(=O)c1ccc(F)cc1Br. The van der Waals surface area contributed by atoms with Crippen LogP contribution in [0.5, 0.6) is 0 Å². The first-order chi connectivity index (χ1) is 8.35. The number of alkyl halides is 1. The summed E-state index contributed by atoms with van der Waals surface area (Å²) in [5, 5.41) is 2.83. The molecule has 0 spiro atoms. The third kappa shape index (κ3) is 4.58. The van der Waals surface area contributed by atoms with Gasteiger partial charge in [-0.1, -0.05) is 13.8 Å². The molecule has 0 atom stereocenters. The molecule has 0 bridgehead atoms. The Hall–Kier alpha value is -0.610. The van der Waals surface area contributed by atoms with E-state index in [0.717, 1.165) is 6.42 Å². The second kappa shape index (κ2) is 6.53. The standard InChI is InChI=1S/C13H16BrClFNO/c1-13(2,5-6-15)8-17-12(18)10-4-3-9(16)7-11(10)14/h3-4,7H,5-6,8H2,1-2H3,(H,17,18). The van der Waals surface area contributed by atoms with Gasteiger partial charge in [-0.05, 0) is 46.0 Å². The second-order valence-corrected chi connectivity index (χ2v) is 6.14. The molecule has 100 valence electrons. The number of hydrogen-bond acceptors (Lipinski definition) is 1. The molecule has 18 heavy (non-hydrogen) atoms. The average Bonchev–Trinajstić information content (AvgIpc) is 2.26. The highest BCUT2D eigenvalue weighted by atomic mass is 79.9. The van der Waals surface area contributed by atoms with Crippen LogP contribution in [0.3, 0.4) is 0 Å². The Morgan fingerprint density at radius 3 is 2.72 bits per heavy atom. The number of amides is 1. The van der Waals surface area contributed by atoms with Gasteiger partial charge in [-0.3, -0.25) is 4.79 Å². The average molecular weight is 337 g/mol. The van der Waals surface area contributed by atoms with E-state index in [0.29, 0.717) is 22.5 Å². The van der Waals surface area contributed by atoms with Crippen LogP contribution in [0.1, 0.15) is 30.6 Å². The summed E-state index contributed by atoms with van der Waals surface area (Å²) in [6.45, 7) is 4.60. The number of carbonyl (C=O) groups excluding carboxylic acids is 1. The Balaban J connectivity index is 2.66. The Labute approximate surface area is 120 Å². The lowest BCUT2D eigenvalue weighted by atomic mass is 9.90. The summed E-state index contributed by atoms with van der Waals surface area (Å²) in [4.78, 5) is 11.9. The van der Waals surface area contributed by atoms with Crippen molar-refractivity contribution in [1.82, 2.24) is 5.32 Å². The number of rotatable bonds is 5. The van der Waals surface area contributed by atoms with Gasteiger partial charge in [0.25, 0.3) is 5.91 Å². The Morgan fingerprint density at radius 1 is 1.50 bits per heavy atom. The highest BCUT2D eigenvalue weighted by Crippen LogP contribution is 2.21. The van der Waals surface area contributed by atoms with Gasteiger partial charge in [0.05, 0.1) is 5.56 Å². The quantitative estimate of drug-likeness (QED) is 0.810. The van der Waals surface area contributed by atoms with E-state index in [9.17, 15) is 9.18 Å². The Morgan fingerprint density at radius 2 is 2.17 bits per heavy atom. The minimum absolute atomic E-state index is 0.0517. The molecule has 0 unspecified atom stereocenters. The maximum absolute atomic E-state index is 12.9. The Bertz CT molecular complexity index is 437. The summed E-state index contributed by atoms with van der Waals surface area (Å²) < 4.78 is 13.4. The number of benzene rings is 1. The van der Waals surface area contributed by atoms with E-state index in [1.54, 1.807) is 0 Å². The number of hydrogen-bond donors (Lipinski definition) is 1. The van der Waals surface area contributed by atoms with Crippen LogP contribution >= 0.6 is 27.5 Å². The van der Waals surface area contributed by atoms with Gasteiger partial charge in [-0.15, -0.1) is 11.6 Å². The summed E-state index contributed by atoms with van der Waals surface area (Å²) in [5.41, 5.74) is 0.377. The van der Waals surface area contributed by atoms with Gasteiger partial charge >= 0.3 is 0 Å². The van der Waals surface area contributed by atoms with Crippen LogP contribution in [-0.4, -0.2) is 18.3 Å². The summed E-state index contributed by atoms with van der Waals surface area (Å²) >= 11 is 8.88. The number of carbonyl (C=O) groups is 1. The second-order valence-electron chi connectivity index (χ2n) is 4.91. The van der Waals surface area contributed by atoms with Crippen molar-refractivity contribution >= 4 is 33.4 Å². The molecule has 1 N–H and O–H groups in total. The van der Waals surface area contributed by atoms with Crippen molar-refractivity contribution in [1.29, 1.82) is 0 Å². The van der Waals surface area contributed by atoms with Crippen molar-refractivity contribution in [2.24, 2.45) is 5.41 Å². The van der Waals surface area contributed by atoms with Gasteiger partial charge in [0.2, 0.25) is 0 Å². The van der Waals surface area contributed by atoms with Crippen molar-refractivity contribution in [2.45, 2.75) is 20.3 Å². The molecule has 0 heterocycles. The lowest BCUT2D eigenvalue weighted by Gasteiger charge is -2.23. The molecule has 0 saturated carbocycles. The predicted molar refractivity (Wildman–Crippen MR) is 75.6 cm³/mol. The molecule has 2 nitrogen and oxygen atoms in total. The molecule has 1 aromatic rings. The zero-order valence-electron chi connectivity index (χ0n) is 10.4. The van der Waals surface area contributed by atoms with Crippen LogP contribution in [0, 0.1) is 11.2 Å². The van der Waals surface area contributed by atoms with Gasteiger partial charge in [-0.2, -0.15) is 0 Å². The van der Waals surface area contributed by atoms with Crippen LogP contribution < -0.4 is 5.32 Å². The van der Waals surface area contributed by atoms with E-state index in [-0.39, 0.29) is 17.1 Å². The van der Waals surface area contributed by atoms with Crippen LogP contribution in [0.2, 0.25) is 0 Å². The van der Waals surface area contributed by atoms with Crippen molar-refractivity contribution in [2.75, 3.05) is 12.4 Å². The van der Waals surface area contributed by atoms with Crippen molar-refractivity contribution in [3.05, 3.63) is 34.1 Å². The molecule has 0 aromatic heterocycles. The zero-order chi connectivity index (χ0) is 13.8. The first kappa shape index (κ1) is 15.4. The molecule has 0 aliphatic rings. The van der Waals surface area contributed by atoms with Gasteiger partial charge in [0, 0.05) is 16.9 Å². The highest BCUT2D eigenvalue weighted by molar-refractivity contribution is 9.10. The number of halogens is 3. The first-order valence-corrected chi connectivity index (χ1v) is 6.98. The molecule has 0 aliphatic heterocycles. The molecule has 0 saturated heterocycles. The molecule has 0 aliphatic carbocycles. The van der Waals surface area contributed by atoms with Crippen LogP contribution in [0.25, 0.3) is 0 Å². The predicted octanol–water partition coefficient (Wildman–Crippen LogP) is 3.97. The normalized spacial score (nSPS) is 11.4. The third-order valence-corrected chi connectivity index (χ3v) is 3.52. The van der Waals surface area contributed by atoms with Gasteiger partial charge in [0.1, 0.15) is 5.82 Å². The minimum Gasteiger partial charge on any atom is -0.351 e. The van der Waals surface area contributed by atoms with Gasteiger partial charge in [0.15, 0.2) is 0 Å². The van der Waals surface area contributed by atoms with E-state index in [1.807, 2.05) is 13.8 Å². The van der Waals surface area contributed by atoms with E-state index >= 15 is 0 Å². The number of nitrogens with one attached hydrogen (secondary N) is 1. The first-order valence-electron chi connectivity index (χ1n) is 5.65. The van der Waals surface area contributed by atoms with Crippen molar-refractivity contribution < 1.29 is 9.18 Å². The molecular formula is C13H16BrClFNO. The smallest absolute Gasteiger partial charge is 0.252 e. The van der Waals surface area contributed by atoms with Crippen LogP contribution in [-0.2, 0) is 0 Å². The summed E-state index contributed by atoms with van der Waals surface area (Å²) in [6.07, 6.45) is 0.819. The summed E-state index contributed by atoms with van der Waals surface area (Å²) in [6, 6.07) is 4.01. The largest absolute Gasteiger partial charge is 0.351 e. The fourth-order valence-corrected chi connectivity index (χ4v) is 2.48. The fraction of sp³-hybridized carbons (Fsp3) is 0.462. The zero-order valence-corrected chi connectivity index (χ0v) is 12.7. The summed E-state index contributed by atoms with van der Waals surface area (Å²) in [5.74, 6) is -0.0336. The minimum atomic E-state index is -0.374. The van der Waals surface area contributed by atoms with E-state index in [4.69, 9.17) is 11.6 Å². The maximum Gasteiger partial charge on any atom is 0.252 e. The van der Waals surface area contributed by atoms with Gasteiger partial charge < -0.3 is 5.32 Å². The molecule has 1 amide bonds. The van der Waals surface area contributed by atoms with E-state index in [1.165, 1.54) is 18.2 Å². The molecular weight excluding hydrogens is 321 g/mol. The fourth-order valence-electron chi connectivity index (χ4n) is 1.43. The topological polar surface area (TPSA) is 29.1 Å². The van der Waals surface area contributed by atoms with E-state index < -0.39 is 0 Å². The highest BCUT2D eigenvalue weighted by Gasteiger charge is 2.19. The third-order valence-electron chi connectivity index (χ3n) is 2.67. The molecule has 1 rings (SSSR count). The van der Waals surface area contributed by atoms with E-state index in [2.05, 4.69) is 21.2 Å². The molecule has 0 radical (unpaired) electrons. The molecule has 0 fully saturated rings. The monoisotopic (exact) mass is 335 g/mol. The molecule has 1 aromatic carbocycles. The molecule has 5 heteroatoms. The lowest BCUT2D eigenvalue weighted by molar-refractivity contribution is 0.0935. The maximum atomic E-state index is 12.9. The van der Waals surface area contributed by atoms with Crippen LogP contribution in [0.15, 0.2) is 22.7 Å². The van der Waals surface area contributed by atoms with Crippen molar-refractivity contribution in [3.63, 3.8) is 0 Å².